The topological polar surface area (TPSA) is 25.6 Å². The van der Waals surface area contributed by atoms with Crippen LogP contribution in [0.2, 0.25) is 0 Å². The van der Waals surface area contributed by atoms with Crippen molar-refractivity contribution >= 4 is 0 Å². The third-order valence-electron chi connectivity index (χ3n) is 5.06. The lowest BCUT2D eigenvalue weighted by atomic mass is 9.85. The molecule has 148 valence electrons. The summed E-state index contributed by atoms with van der Waals surface area (Å²) in [4.78, 5) is 5.54. The van der Waals surface area contributed by atoms with E-state index in [9.17, 15) is 8.78 Å². The Morgan fingerprint density at radius 3 is 2.18 bits per heavy atom. The number of halogens is 2. The van der Waals surface area contributed by atoms with Gasteiger partial charge in [0, 0.05) is 18.0 Å². The molecule has 0 saturated carbocycles. The molecular weight excluding hydrogens is 360 g/mol. The van der Waals surface area contributed by atoms with Gasteiger partial charge in [-0.2, -0.15) is 5.06 Å². The minimum absolute atomic E-state index is 0.101. The molecule has 0 saturated heterocycles. The molecule has 2 aromatic carbocycles. The van der Waals surface area contributed by atoms with Crippen LogP contribution in [-0.4, -0.2) is 18.7 Å². The molecule has 0 spiro atoms. The van der Waals surface area contributed by atoms with Gasteiger partial charge >= 0.3 is 0 Å². The van der Waals surface area contributed by atoms with E-state index in [2.05, 4.69) is 0 Å². The number of nitrogens with zero attached hydrogens (tertiary/aromatic N) is 1. The van der Waals surface area contributed by atoms with Crippen LogP contribution in [0.15, 0.2) is 59.2 Å². The largest absolute Gasteiger partial charge is 0.468 e. The van der Waals surface area contributed by atoms with Crippen molar-refractivity contribution in [2.24, 2.45) is 0 Å². The Morgan fingerprint density at radius 1 is 0.964 bits per heavy atom. The molecule has 1 atom stereocenters. The summed E-state index contributed by atoms with van der Waals surface area (Å²) in [6.07, 6.45) is 1.85. The molecule has 0 aliphatic heterocycles. The number of hydroxylamine groups is 2. The van der Waals surface area contributed by atoms with Gasteiger partial charge in [-0.25, -0.2) is 8.78 Å². The molecule has 1 heterocycles. The summed E-state index contributed by atoms with van der Waals surface area (Å²) in [5.74, 6) is -0.431. The van der Waals surface area contributed by atoms with Crippen molar-refractivity contribution in [3.63, 3.8) is 0 Å². The fraction of sp³-hybridized carbons (Fsp3) is 0.304. The quantitative estimate of drug-likeness (QED) is 0.475. The average molecular weight is 385 g/mol. The zero-order valence-corrected chi connectivity index (χ0v) is 16.4. The van der Waals surface area contributed by atoms with Crippen LogP contribution < -0.4 is 0 Å². The first-order valence-corrected chi connectivity index (χ1v) is 9.30. The van der Waals surface area contributed by atoms with E-state index in [-0.39, 0.29) is 17.9 Å². The molecular formula is C23H25F2NO2. The molecule has 0 N–H and O–H groups in total. The highest BCUT2D eigenvalue weighted by molar-refractivity contribution is 5.38. The van der Waals surface area contributed by atoms with Gasteiger partial charge in [-0.3, -0.25) is 0 Å². The first-order valence-electron chi connectivity index (χ1n) is 9.30. The number of hydrogen-bond acceptors (Lipinski definition) is 3. The Kier molecular flexibility index (Phi) is 6.60. The Bertz CT molecular complexity index is 868. The summed E-state index contributed by atoms with van der Waals surface area (Å²) in [7, 11) is 1.59. The number of rotatable bonds is 8. The Morgan fingerprint density at radius 2 is 1.61 bits per heavy atom. The zero-order valence-electron chi connectivity index (χ0n) is 16.4. The van der Waals surface area contributed by atoms with E-state index >= 15 is 0 Å². The minimum Gasteiger partial charge on any atom is -0.468 e. The molecule has 0 bridgehead atoms. The summed E-state index contributed by atoms with van der Waals surface area (Å²) in [5, 5.41) is 1.76. The molecule has 28 heavy (non-hydrogen) atoms. The van der Waals surface area contributed by atoms with Gasteiger partial charge < -0.3 is 9.25 Å². The zero-order chi connectivity index (χ0) is 20.1. The van der Waals surface area contributed by atoms with Gasteiger partial charge in [0.2, 0.25) is 0 Å². The molecule has 0 radical (unpaired) electrons. The summed E-state index contributed by atoms with van der Waals surface area (Å²) in [6.45, 7) is 4.97. The fourth-order valence-corrected chi connectivity index (χ4v) is 3.73. The van der Waals surface area contributed by atoms with Crippen LogP contribution in [0.5, 0.6) is 0 Å². The van der Waals surface area contributed by atoms with Crippen LogP contribution >= 0.6 is 0 Å². The van der Waals surface area contributed by atoms with E-state index in [1.807, 2.05) is 44.2 Å². The Labute approximate surface area is 164 Å². The molecule has 1 unspecified atom stereocenters. The second-order valence-corrected chi connectivity index (χ2v) is 6.99. The van der Waals surface area contributed by atoms with Crippen molar-refractivity contribution < 1.29 is 18.0 Å². The van der Waals surface area contributed by atoms with E-state index in [0.717, 1.165) is 22.5 Å². The maximum Gasteiger partial charge on any atom is 0.129 e. The minimum atomic E-state index is -0.522. The highest BCUT2D eigenvalue weighted by Gasteiger charge is 2.24. The highest BCUT2D eigenvalue weighted by atomic mass is 19.1. The van der Waals surface area contributed by atoms with Gasteiger partial charge in [0.1, 0.15) is 17.4 Å². The lowest BCUT2D eigenvalue weighted by Gasteiger charge is -2.28. The van der Waals surface area contributed by atoms with E-state index in [4.69, 9.17) is 9.25 Å². The van der Waals surface area contributed by atoms with Gasteiger partial charge in [0.15, 0.2) is 0 Å². The second-order valence-electron chi connectivity index (χ2n) is 6.99. The third kappa shape index (κ3) is 4.66. The fourth-order valence-electron chi connectivity index (χ4n) is 3.73. The molecule has 0 fully saturated rings. The van der Waals surface area contributed by atoms with Crippen LogP contribution in [0, 0.1) is 25.5 Å². The predicted molar refractivity (Wildman–Crippen MR) is 105 cm³/mol. The van der Waals surface area contributed by atoms with Gasteiger partial charge in [0.05, 0.1) is 19.9 Å². The van der Waals surface area contributed by atoms with Crippen LogP contribution in [0.3, 0.4) is 0 Å². The van der Waals surface area contributed by atoms with Crippen molar-refractivity contribution in [3.05, 3.63) is 94.4 Å². The Balaban J connectivity index is 1.94. The summed E-state index contributed by atoms with van der Waals surface area (Å²) >= 11 is 0. The molecule has 3 rings (SSSR count). The SMILES string of the molecule is CON(Cc1ccco1)CC(Cc1c(F)cccc1F)c1c(C)cccc1C. The molecule has 1 aromatic heterocycles. The van der Waals surface area contributed by atoms with Gasteiger partial charge in [-0.1, -0.05) is 24.3 Å². The highest BCUT2D eigenvalue weighted by Crippen LogP contribution is 2.30. The second kappa shape index (κ2) is 9.13. The van der Waals surface area contributed by atoms with E-state index < -0.39 is 11.6 Å². The van der Waals surface area contributed by atoms with Crippen molar-refractivity contribution in [2.45, 2.75) is 32.7 Å². The normalized spacial score (nSPS) is 12.5. The molecule has 5 heteroatoms. The van der Waals surface area contributed by atoms with E-state index in [1.54, 1.807) is 18.4 Å². The first-order chi connectivity index (χ1) is 13.5. The average Bonchev–Trinajstić information content (AvgIpc) is 3.16. The van der Waals surface area contributed by atoms with Crippen LogP contribution in [-0.2, 0) is 17.8 Å². The predicted octanol–water partition coefficient (Wildman–Crippen LogP) is 5.56. The number of benzene rings is 2. The number of hydrogen-bond donors (Lipinski definition) is 0. The van der Waals surface area contributed by atoms with Gasteiger partial charge in [0.25, 0.3) is 0 Å². The van der Waals surface area contributed by atoms with Crippen LogP contribution in [0.4, 0.5) is 8.78 Å². The molecule has 3 aromatic rings. The van der Waals surface area contributed by atoms with Crippen molar-refractivity contribution in [1.82, 2.24) is 5.06 Å². The van der Waals surface area contributed by atoms with Crippen molar-refractivity contribution in [1.29, 1.82) is 0 Å². The molecule has 0 aliphatic carbocycles. The lowest BCUT2D eigenvalue weighted by Crippen LogP contribution is -2.29. The standard InChI is InChI=1S/C23H25F2NO2/c1-16-7-4-8-17(2)23(16)18(13-20-21(24)10-5-11-22(20)25)14-26(27-3)15-19-9-6-12-28-19/h4-12,18H,13-15H2,1-3H3. The smallest absolute Gasteiger partial charge is 0.129 e. The molecule has 0 aliphatic rings. The molecule has 0 amide bonds. The van der Waals surface area contributed by atoms with E-state index in [1.165, 1.54) is 18.2 Å². The van der Waals surface area contributed by atoms with Crippen LogP contribution in [0.25, 0.3) is 0 Å². The Hall–Kier alpha value is -2.50. The van der Waals surface area contributed by atoms with Crippen LogP contribution in [0.1, 0.15) is 33.9 Å². The number of aryl methyl sites for hydroxylation is 2. The summed E-state index contributed by atoms with van der Waals surface area (Å²) in [6, 6.07) is 13.7. The van der Waals surface area contributed by atoms with Crippen molar-refractivity contribution in [2.75, 3.05) is 13.7 Å². The molecule has 3 nitrogen and oxygen atoms in total. The monoisotopic (exact) mass is 385 g/mol. The summed E-state index contributed by atoms with van der Waals surface area (Å²) < 4.78 is 34.1. The first kappa shape index (κ1) is 20.2. The van der Waals surface area contributed by atoms with E-state index in [0.29, 0.717) is 13.1 Å². The maximum atomic E-state index is 14.4. The van der Waals surface area contributed by atoms with Crippen molar-refractivity contribution in [3.8, 4) is 0 Å². The maximum absolute atomic E-state index is 14.4. The summed E-state index contributed by atoms with van der Waals surface area (Å²) in [5.41, 5.74) is 3.38. The third-order valence-corrected chi connectivity index (χ3v) is 5.06. The van der Waals surface area contributed by atoms with Gasteiger partial charge in [-0.05, 0) is 61.2 Å². The number of furan rings is 1. The lowest BCUT2D eigenvalue weighted by molar-refractivity contribution is -0.145. The van der Waals surface area contributed by atoms with Gasteiger partial charge in [-0.15, -0.1) is 0 Å².